The second-order valence-corrected chi connectivity index (χ2v) is 5.96. The molecule has 1 fully saturated rings. The molecule has 5 nitrogen and oxygen atoms in total. The van der Waals surface area contributed by atoms with Crippen LogP contribution >= 0.6 is 0 Å². The van der Waals surface area contributed by atoms with Crippen LogP contribution in [0.4, 0.5) is 4.79 Å². The predicted molar refractivity (Wildman–Crippen MR) is 66.8 cm³/mol. The van der Waals surface area contributed by atoms with E-state index in [1.165, 1.54) is 0 Å². The molecule has 0 spiro atoms. The molecule has 0 saturated carbocycles. The molecule has 0 radical (unpaired) electrons. The highest BCUT2D eigenvalue weighted by Crippen LogP contribution is 2.34. The summed E-state index contributed by atoms with van der Waals surface area (Å²) in [5, 5.41) is 18.2. The number of rotatable bonds is 2. The van der Waals surface area contributed by atoms with Crippen LogP contribution in [0, 0.1) is 16.7 Å². The van der Waals surface area contributed by atoms with E-state index >= 15 is 0 Å². The van der Waals surface area contributed by atoms with Crippen LogP contribution in [0.3, 0.4) is 0 Å². The Morgan fingerprint density at radius 3 is 2.39 bits per heavy atom. The maximum Gasteiger partial charge on any atom is 0.410 e. The van der Waals surface area contributed by atoms with Gasteiger partial charge in [0, 0.05) is 31.5 Å². The van der Waals surface area contributed by atoms with Crippen LogP contribution < -0.4 is 0 Å². The van der Waals surface area contributed by atoms with Crippen molar-refractivity contribution >= 4 is 6.09 Å². The molecule has 1 heterocycles. The summed E-state index contributed by atoms with van der Waals surface area (Å²) < 4.78 is 5.30. The number of hydrogen-bond donors (Lipinski definition) is 1. The van der Waals surface area contributed by atoms with Crippen LogP contribution in [0.15, 0.2) is 0 Å². The first-order valence-electron chi connectivity index (χ1n) is 6.28. The van der Waals surface area contributed by atoms with E-state index < -0.39 is 5.60 Å². The van der Waals surface area contributed by atoms with Gasteiger partial charge in [-0.25, -0.2) is 4.79 Å². The fourth-order valence-electron chi connectivity index (χ4n) is 2.05. The van der Waals surface area contributed by atoms with Gasteiger partial charge in [-0.05, 0) is 33.6 Å². The lowest BCUT2D eigenvalue weighted by Crippen LogP contribution is -2.46. The summed E-state index contributed by atoms with van der Waals surface area (Å²) in [4.78, 5) is 13.5. The topological polar surface area (TPSA) is 73.6 Å². The zero-order valence-corrected chi connectivity index (χ0v) is 11.4. The Hall–Kier alpha value is -1.28. The Balaban J connectivity index is 2.53. The van der Waals surface area contributed by atoms with E-state index in [-0.39, 0.29) is 18.1 Å². The SMILES string of the molecule is CC(C)(C)OC(=O)N1CCC(CO)(CC#N)CC1. The maximum atomic E-state index is 11.8. The number of hydrogen-bond acceptors (Lipinski definition) is 4. The van der Waals surface area contributed by atoms with E-state index in [1.54, 1.807) is 4.90 Å². The van der Waals surface area contributed by atoms with Crippen LogP contribution in [-0.4, -0.2) is 41.4 Å². The quantitative estimate of drug-likeness (QED) is 0.817. The van der Waals surface area contributed by atoms with Crippen molar-refractivity contribution in [3.63, 3.8) is 0 Å². The molecule has 0 aromatic rings. The molecule has 0 atom stereocenters. The van der Waals surface area contributed by atoms with Crippen molar-refractivity contribution in [2.45, 2.75) is 45.6 Å². The average Bonchev–Trinajstić information content (AvgIpc) is 2.28. The van der Waals surface area contributed by atoms with E-state index in [1.807, 2.05) is 20.8 Å². The normalized spacial score (nSPS) is 19.2. The summed E-state index contributed by atoms with van der Waals surface area (Å²) in [6.45, 7) is 6.59. The van der Waals surface area contributed by atoms with Gasteiger partial charge in [0.05, 0.1) is 6.07 Å². The van der Waals surface area contributed by atoms with Gasteiger partial charge < -0.3 is 14.7 Å². The van der Waals surface area contributed by atoms with E-state index in [2.05, 4.69) is 6.07 Å². The molecular formula is C13H22N2O3. The number of ether oxygens (including phenoxy) is 1. The number of carbonyl (C=O) groups is 1. The van der Waals surface area contributed by atoms with Gasteiger partial charge in [0.15, 0.2) is 0 Å². The minimum Gasteiger partial charge on any atom is -0.444 e. The second kappa shape index (κ2) is 5.57. The monoisotopic (exact) mass is 254 g/mol. The van der Waals surface area contributed by atoms with Gasteiger partial charge in [-0.2, -0.15) is 5.26 Å². The van der Waals surface area contributed by atoms with Gasteiger partial charge in [0.2, 0.25) is 0 Å². The number of nitriles is 1. The second-order valence-electron chi connectivity index (χ2n) is 5.96. The fraction of sp³-hybridized carbons (Fsp3) is 0.846. The van der Waals surface area contributed by atoms with Gasteiger partial charge in [0.25, 0.3) is 0 Å². The van der Waals surface area contributed by atoms with Crippen LogP contribution in [0.25, 0.3) is 0 Å². The van der Waals surface area contributed by atoms with E-state index in [4.69, 9.17) is 10.00 Å². The number of aliphatic hydroxyl groups excluding tert-OH is 1. The zero-order chi connectivity index (χ0) is 13.8. The summed E-state index contributed by atoms with van der Waals surface area (Å²) in [5.41, 5.74) is -0.831. The van der Waals surface area contributed by atoms with Crippen molar-refractivity contribution in [2.75, 3.05) is 19.7 Å². The van der Waals surface area contributed by atoms with E-state index in [0.717, 1.165) is 0 Å². The molecule has 1 amide bonds. The van der Waals surface area contributed by atoms with Crippen LogP contribution in [-0.2, 0) is 4.74 Å². The molecule has 1 saturated heterocycles. The predicted octanol–water partition coefficient (Wildman–Crippen LogP) is 1.91. The first-order chi connectivity index (χ1) is 8.32. The maximum absolute atomic E-state index is 11.8. The number of carbonyl (C=O) groups excluding carboxylic acids is 1. The number of aliphatic hydroxyl groups is 1. The Morgan fingerprint density at radius 1 is 1.44 bits per heavy atom. The number of piperidine rings is 1. The Bertz CT molecular complexity index is 333. The largest absolute Gasteiger partial charge is 0.444 e. The highest BCUT2D eigenvalue weighted by Gasteiger charge is 2.36. The number of amides is 1. The Morgan fingerprint density at radius 2 is 2.00 bits per heavy atom. The van der Waals surface area contributed by atoms with E-state index in [0.29, 0.717) is 32.4 Å². The molecular weight excluding hydrogens is 232 g/mol. The van der Waals surface area contributed by atoms with Gasteiger partial charge in [-0.15, -0.1) is 0 Å². The molecule has 1 aliphatic rings. The van der Waals surface area contributed by atoms with E-state index in [9.17, 15) is 9.90 Å². The summed E-state index contributed by atoms with van der Waals surface area (Å²) in [6.07, 6.45) is 1.32. The lowest BCUT2D eigenvalue weighted by atomic mass is 9.77. The highest BCUT2D eigenvalue weighted by atomic mass is 16.6. The number of nitrogens with zero attached hydrogens (tertiary/aromatic N) is 2. The Labute approximate surface area is 108 Å². The molecule has 0 aromatic carbocycles. The van der Waals surface area contributed by atoms with Crippen molar-refractivity contribution in [1.82, 2.24) is 4.90 Å². The molecule has 1 aliphatic heterocycles. The van der Waals surface area contributed by atoms with Crippen LogP contribution in [0.1, 0.15) is 40.0 Å². The van der Waals surface area contributed by atoms with Crippen molar-refractivity contribution < 1.29 is 14.6 Å². The molecule has 0 unspecified atom stereocenters. The number of likely N-dealkylation sites (tertiary alicyclic amines) is 1. The van der Waals surface area contributed by atoms with Crippen molar-refractivity contribution in [3.8, 4) is 6.07 Å². The lowest BCUT2D eigenvalue weighted by Gasteiger charge is -2.39. The van der Waals surface area contributed by atoms with Crippen LogP contribution in [0.5, 0.6) is 0 Å². The summed E-state index contributed by atoms with van der Waals surface area (Å²) in [5.74, 6) is 0. The first-order valence-corrected chi connectivity index (χ1v) is 6.28. The van der Waals surface area contributed by atoms with Crippen LogP contribution in [0.2, 0.25) is 0 Å². The smallest absolute Gasteiger partial charge is 0.410 e. The third-order valence-electron chi connectivity index (χ3n) is 3.27. The molecule has 0 aromatic heterocycles. The van der Waals surface area contributed by atoms with Crippen molar-refractivity contribution in [1.29, 1.82) is 5.26 Å². The van der Waals surface area contributed by atoms with Crippen molar-refractivity contribution in [3.05, 3.63) is 0 Å². The fourth-order valence-corrected chi connectivity index (χ4v) is 2.05. The minimum atomic E-state index is -0.491. The van der Waals surface area contributed by atoms with Crippen molar-refractivity contribution in [2.24, 2.45) is 5.41 Å². The molecule has 1 N–H and O–H groups in total. The first kappa shape index (κ1) is 14.8. The third-order valence-corrected chi connectivity index (χ3v) is 3.27. The molecule has 1 rings (SSSR count). The molecule has 0 bridgehead atoms. The third kappa shape index (κ3) is 3.88. The molecule has 18 heavy (non-hydrogen) atoms. The summed E-state index contributed by atoms with van der Waals surface area (Å²) in [7, 11) is 0. The molecule has 5 heteroatoms. The Kier molecular flexibility index (Phi) is 4.58. The van der Waals surface area contributed by atoms with Gasteiger partial charge in [-0.1, -0.05) is 0 Å². The van der Waals surface area contributed by atoms with Gasteiger partial charge in [-0.3, -0.25) is 0 Å². The summed E-state index contributed by atoms with van der Waals surface area (Å²) >= 11 is 0. The summed E-state index contributed by atoms with van der Waals surface area (Å²) in [6, 6.07) is 2.12. The lowest BCUT2D eigenvalue weighted by molar-refractivity contribution is 0.000831. The molecule has 0 aliphatic carbocycles. The standard InChI is InChI=1S/C13H22N2O3/c1-12(2,3)18-11(17)15-8-5-13(10-16,4-7-14)6-9-15/h16H,4-6,8-10H2,1-3H3. The average molecular weight is 254 g/mol. The zero-order valence-electron chi connectivity index (χ0n) is 11.4. The molecule has 102 valence electrons. The van der Waals surface area contributed by atoms with Gasteiger partial charge >= 0.3 is 6.09 Å². The van der Waals surface area contributed by atoms with Gasteiger partial charge in [0.1, 0.15) is 5.60 Å². The minimum absolute atomic E-state index is 0.00270. The highest BCUT2D eigenvalue weighted by molar-refractivity contribution is 5.68.